The van der Waals surface area contributed by atoms with Gasteiger partial charge in [-0.2, -0.15) is 0 Å². The number of ether oxygens (including phenoxy) is 2. The van der Waals surface area contributed by atoms with E-state index >= 15 is 0 Å². The molecule has 1 rings (SSSR count). The monoisotopic (exact) mass is 275 g/mol. The molecule has 0 aliphatic carbocycles. The summed E-state index contributed by atoms with van der Waals surface area (Å²) in [5, 5.41) is 3.06. The van der Waals surface area contributed by atoms with Crippen molar-refractivity contribution in [2.24, 2.45) is 0 Å². The van der Waals surface area contributed by atoms with Crippen LogP contribution in [0.4, 0.5) is 5.95 Å². The Labute approximate surface area is 97.3 Å². The summed E-state index contributed by atoms with van der Waals surface area (Å²) in [7, 11) is 3.29. The molecule has 0 amide bonds. The highest BCUT2D eigenvalue weighted by molar-refractivity contribution is 9.10. The van der Waals surface area contributed by atoms with Crippen LogP contribution < -0.4 is 5.32 Å². The largest absolute Gasteiger partial charge is 0.382 e. The van der Waals surface area contributed by atoms with Gasteiger partial charge in [0.1, 0.15) is 0 Å². The first-order chi connectivity index (χ1) is 7.26. The van der Waals surface area contributed by atoms with E-state index in [2.05, 4.69) is 31.2 Å². The first-order valence-corrected chi connectivity index (χ1v) is 5.28. The number of hydrogen-bond acceptors (Lipinski definition) is 5. The molecule has 0 bridgehead atoms. The molecule has 1 atom stereocenters. The molecule has 1 heterocycles. The maximum atomic E-state index is 5.18. The number of nitrogens with one attached hydrogen (secondary N) is 1. The van der Waals surface area contributed by atoms with Crippen LogP contribution in [0, 0.1) is 0 Å². The van der Waals surface area contributed by atoms with Gasteiger partial charge >= 0.3 is 0 Å². The average molecular weight is 276 g/mol. The molecule has 0 aliphatic rings. The lowest BCUT2D eigenvalue weighted by Gasteiger charge is -2.14. The van der Waals surface area contributed by atoms with Crippen LogP contribution in [0.1, 0.15) is 0 Å². The quantitative estimate of drug-likeness (QED) is 0.849. The van der Waals surface area contributed by atoms with Gasteiger partial charge in [-0.25, -0.2) is 9.97 Å². The molecule has 0 spiro atoms. The molecule has 1 aromatic rings. The zero-order chi connectivity index (χ0) is 11.1. The molecule has 0 radical (unpaired) electrons. The van der Waals surface area contributed by atoms with E-state index in [1.165, 1.54) is 0 Å². The fraction of sp³-hybridized carbons (Fsp3) is 0.556. The fourth-order valence-electron chi connectivity index (χ4n) is 1.00. The number of anilines is 1. The summed E-state index contributed by atoms with van der Waals surface area (Å²) in [6, 6.07) is 0. The minimum Gasteiger partial charge on any atom is -0.382 e. The summed E-state index contributed by atoms with van der Waals surface area (Å²) in [6.07, 6.45) is 3.38. The molecular formula is C9H14BrN3O2. The molecular weight excluding hydrogens is 262 g/mol. The predicted molar refractivity (Wildman–Crippen MR) is 60.9 cm³/mol. The van der Waals surface area contributed by atoms with E-state index in [0.717, 1.165) is 4.47 Å². The van der Waals surface area contributed by atoms with Gasteiger partial charge in [-0.05, 0) is 15.9 Å². The van der Waals surface area contributed by atoms with Crippen molar-refractivity contribution in [1.82, 2.24) is 9.97 Å². The highest BCUT2D eigenvalue weighted by Crippen LogP contribution is 2.06. The Morgan fingerprint density at radius 2 is 2.07 bits per heavy atom. The van der Waals surface area contributed by atoms with Crippen LogP contribution in [0.25, 0.3) is 0 Å². The zero-order valence-corrected chi connectivity index (χ0v) is 10.3. The van der Waals surface area contributed by atoms with Crippen LogP contribution >= 0.6 is 15.9 Å². The average Bonchev–Trinajstić information content (AvgIpc) is 2.26. The number of nitrogens with zero attached hydrogens (tertiary/aromatic N) is 2. The normalized spacial score (nSPS) is 12.5. The molecule has 84 valence electrons. The molecule has 0 saturated carbocycles. The van der Waals surface area contributed by atoms with Crippen LogP contribution in [0.5, 0.6) is 0 Å². The Morgan fingerprint density at radius 3 is 2.60 bits per heavy atom. The van der Waals surface area contributed by atoms with Crippen molar-refractivity contribution >= 4 is 21.9 Å². The maximum Gasteiger partial charge on any atom is 0.222 e. The standard InChI is InChI=1S/C9H14BrN3O2/c1-14-6-8(15-2)5-13-9-11-3-7(10)4-12-9/h3-4,8H,5-6H2,1-2H3,(H,11,12,13). The first kappa shape index (κ1) is 12.4. The van der Waals surface area contributed by atoms with Crippen LogP contribution in [-0.4, -0.2) is 43.4 Å². The smallest absolute Gasteiger partial charge is 0.222 e. The second-order valence-corrected chi connectivity index (χ2v) is 3.83. The van der Waals surface area contributed by atoms with E-state index in [9.17, 15) is 0 Å². The second kappa shape index (κ2) is 6.71. The number of methoxy groups -OCH3 is 2. The maximum absolute atomic E-state index is 5.18. The molecule has 15 heavy (non-hydrogen) atoms. The third-order valence-electron chi connectivity index (χ3n) is 1.79. The van der Waals surface area contributed by atoms with E-state index in [0.29, 0.717) is 19.1 Å². The van der Waals surface area contributed by atoms with Crippen molar-refractivity contribution in [3.63, 3.8) is 0 Å². The summed E-state index contributed by atoms with van der Waals surface area (Å²) >= 11 is 3.27. The van der Waals surface area contributed by atoms with E-state index in [1.807, 2.05) is 0 Å². The van der Waals surface area contributed by atoms with E-state index in [4.69, 9.17) is 9.47 Å². The van der Waals surface area contributed by atoms with Gasteiger partial charge in [-0.3, -0.25) is 0 Å². The highest BCUT2D eigenvalue weighted by atomic mass is 79.9. The molecule has 6 heteroatoms. The van der Waals surface area contributed by atoms with Gasteiger partial charge in [-0.1, -0.05) is 0 Å². The summed E-state index contributed by atoms with van der Waals surface area (Å²) in [6.45, 7) is 1.16. The number of aromatic nitrogens is 2. The molecule has 1 aromatic heterocycles. The molecule has 1 N–H and O–H groups in total. The van der Waals surface area contributed by atoms with Crippen molar-refractivity contribution < 1.29 is 9.47 Å². The zero-order valence-electron chi connectivity index (χ0n) is 8.74. The molecule has 0 aromatic carbocycles. The van der Waals surface area contributed by atoms with Gasteiger partial charge in [0.15, 0.2) is 0 Å². The summed E-state index contributed by atoms with van der Waals surface area (Å²) in [5.74, 6) is 0.580. The lowest BCUT2D eigenvalue weighted by molar-refractivity contribution is 0.0365. The van der Waals surface area contributed by atoms with Gasteiger partial charge < -0.3 is 14.8 Å². The van der Waals surface area contributed by atoms with Gasteiger partial charge in [0, 0.05) is 33.2 Å². The number of rotatable bonds is 6. The van der Waals surface area contributed by atoms with E-state index in [-0.39, 0.29) is 6.10 Å². The minimum atomic E-state index is 0.00208. The van der Waals surface area contributed by atoms with Gasteiger partial charge in [-0.15, -0.1) is 0 Å². The second-order valence-electron chi connectivity index (χ2n) is 2.92. The topological polar surface area (TPSA) is 56.3 Å². The molecule has 0 aliphatic heterocycles. The fourth-order valence-corrected chi connectivity index (χ4v) is 1.21. The van der Waals surface area contributed by atoms with Gasteiger partial charge in [0.25, 0.3) is 0 Å². The summed E-state index contributed by atoms with van der Waals surface area (Å²) < 4.78 is 11.0. The van der Waals surface area contributed by atoms with Crippen molar-refractivity contribution in [1.29, 1.82) is 0 Å². The number of hydrogen-bond donors (Lipinski definition) is 1. The van der Waals surface area contributed by atoms with Crippen LogP contribution in [-0.2, 0) is 9.47 Å². The Hall–Kier alpha value is -0.720. The third kappa shape index (κ3) is 4.55. The van der Waals surface area contributed by atoms with E-state index < -0.39 is 0 Å². The highest BCUT2D eigenvalue weighted by Gasteiger charge is 2.06. The Morgan fingerprint density at radius 1 is 1.40 bits per heavy atom. The van der Waals surface area contributed by atoms with Crippen molar-refractivity contribution in [2.75, 3.05) is 32.7 Å². The Kier molecular flexibility index (Phi) is 5.52. The SMILES string of the molecule is COCC(CNc1ncc(Br)cn1)OC. The molecule has 1 unspecified atom stereocenters. The third-order valence-corrected chi connectivity index (χ3v) is 2.20. The minimum absolute atomic E-state index is 0.00208. The summed E-state index contributed by atoms with van der Waals surface area (Å²) in [4.78, 5) is 8.16. The first-order valence-electron chi connectivity index (χ1n) is 4.49. The van der Waals surface area contributed by atoms with Crippen molar-refractivity contribution in [2.45, 2.75) is 6.10 Å². The van der Waals surface area contributed by atoms with E-state index in [1.54, 1.807) is 26.6 Å². The van der Waals surface area contributed by atoms with Gasteiger partial charge in [0.05, 0.1) is 17.2 Å². The lowest BCUT2D eigenvalue weighted by Crippen LogP contribution is -2.27. The van der Waals surface area contributed by atoms with Crippen LogP contribution in [0.15, 0.2) is 16.9 Å². The predicted octanol–water partition coefficient (Wildman–Crippen LogP) is 1.31. The Bertz CT molecular complexity index is 281. The lowest BCUT2D eigenvalue weighted by atomic mass is 10.4. The number of halogens is 1. The summed E-state index contributed by atoms with van der Waals surface area (Å²) in [5.41, 5.74) is 0. The molecule has 0 fully saturated rings. The van der Waals surface area contributed by atoms with Crippen molar-refractivity contribution in [3.05, 3.63) is 16.9 Å². The molecule has 5 nitrogen and oxygen atoms in total. The molecule has 0 saturated heterocycles. The van der Waals surface area contributed by atoms with Gasteiger partial charge in [0.2, 0.25) is 5.95 Å². The van der Waals surface area contributed by atoms with Crippen molar-refractivity contribution in [3.8, 4) is 0 Å². The van der Waals surface area contributed by atoms with Crippen LogP contribution in [0.3, 0.4) is 0 Å². The van der Waals surface area contributed by atoms with Crippen LogP contribution in [0.2, 0.25) is 0 Å². The Balaban J connectivity index is 2.38.